The lowest BCUT2D eigenvalue weighted by atomic mass is 10.0. The number of rotatable bonds is 23. The maximum atomic E-state index is 12.6. The van der Waals surface area contributed by atoms with Crippen LogP contribution in [0.3, 0.4) is 0 Å². The zero-order valence-corrected chi connectivity index (χ0v) is 26.2. The highest BCUT2D eigenvalue weighted by Gasteiger charge is 2.32. The number of nitrogens with zero attached hydrogens (tertiary/aromatic N) is 1. The van der Waals surface area contributed by atoms with Crippen LogP contribution in [0.2, 0.25) is 0 Å². The van der Waals surface area contributed by atoms with E-state index >= 15 is 0 Å². The number of aryl methyl sites for hydroxylation is 1. The molecule has 40 heavy (non-hydrogen) atoms. The van der Waals surface area contributed by atoms with Crippen molar-refractivity contribution in [3.8, 4) is 5.75 Å². The molecule has 2 aromatic rings. The van der Waals surface area contributed by atoms with Gasteiger partial charge in [0.2, 0.25) is 0 Å². The minimum atomic E-state index is -0.218. The van der Waals surface area contributed by atoms with Gasteiger partial charge in [-0.2, -0.15) is 0 Å². The van der Waals surface area contributed by atoms with Gasteiger partial charge >= 0.3 is 5.97 Å². The Morgan fingerprint density at radius 3 is 1.93 bits per heavy atom. The molecular weight excluding hydrogens is 494 g/mol. The molecule has 1 atom stereocenters. The molecule has 0 heterocycles. The Bertz CT molecular complexity index is 911. The second-order valence-corrected chi connectivity index (χ2v) is 12.1. The van der Waals surface area contributed by atoms with E-state index in [1.165, 1.54) is 88.2 Å². The third kappa shape index (κ3) is 14.9. The van der Waals surface area contributed by atoms with Crippen LogP contribution in [-0.2, 0) is 22.5 Å². The zero-order chi connectivity index (χ0) is 28.9. The summed E-state index contributed by atoms with van der Waals surface area (Å²) in [5.74, 6) is 0.814. The minimum absolute atomic E-state index is 0.132. The predicted molar refractivity (Wildman–Crippen MR) is 169 cm³/mol. The van der Waals surface area contributed by atoms with E-state index in [0.717, 1.165) is 31.6 Å². The van der Waals surface area contributed by atoms with Crippen LogP contribution in [-0.4, -0.2) is 43.8 Å². The van der Waals surface area contributed by atoms with Gasteiger partial charge in [-0.15, -0.1) is 0 Å². The van der Waals surface area contributed by atoms with Crippen LogP contribution in [0.15, 0.2) is 54.6 Å². The van der Waals surface area contributed by atoms with Gasteiger partial charge < -0.3 is 14.0 Å². The van der Waals surface area contributed by atoms with Crippen LogP contribution in [0.25, 0.3) is 0 Å². The first-order valence-electron chi connectivity index (χ1n) is 16.2. The van der Waals surface area contributed by atoms with Crippen molar-refractivity contribution in [2.24, 2.45) is 0 Å². The molecule has 0 N–H and O–H groups in total. The van der Waals surface area contributed by atoms with Crippen molar-refractivity contribution in [2.45, 2.75) is 123 Å². The molecule has 4 nitrogen and oxygen atoms in total. The van der Waals surface area contributed by atoms with E-state index in [9.17, 15) is 4.79 Å². The summed E-state index contributed by atoms with van der Waals surface area (Å²) in [7, 11) is 4.16. The minimum Gasteiger partial charge on any atom is -0.494 e. The number of ether oxygens (including phenoxy) is 2. The molecule has 0 amide bonds. The molecule has 0 aliphatic rings. The lowest BCUT2D eigenvalue weighted by molar-refractivity contribution is -0.917. The Morgan fingerprint density at radius 1 is 0.700 bits per heavy atom. The standard InChI is InChI=1S/C36H58NO3/c1-5-6-7-8-9-10-11-12-13-14-15-17-23-33-26-22-27-35(30-33)39-28-20-21-29-40-36(38)32(2)37(3,4)31-34-24-18-16-19-25-34/h16,18-19,22,24-27,30,32H,5-15,17,20-21,23,28-29,31H2,1-4H3/q+1. The number of esters is 1. The number of quaternary nitrogens is 1. The smallest absolute Gasteiger partial charge is 0.364 e. The zero-order valence-electron chi connectivity index (χ0n) is 26.2. The molecule has 0 bridgehead atoms. The Hall–Kier alpha value is -2.33. The molecular formula is C36H58NO3+. The molecule has 2 rings (SSSR count). The first-order chi connectivity index (χ1) is 19.4. The van der Waals surface area contributed by atoms with Crippen LogP contribution < -0.4 is 4.74 Å². The van der Waals surface area contributed by atoms with E-state index in [0.29, 0.717) is 17.7 Å². The van der Waals surface area contributed by atoms with Gasteiger partial charge in [-0.3, -0.25) is 0 Å². The largest absolute Gasteiger partial charge is 0.494 e. The van der Waals surface area contributed by atoms with E-state index in [2.05, 4.69) is 51.4 Å². The topological polar surface area (TPSA) is 35.5 Å². The van der Waals surface area contributed by atoms with E-state index in [-0.39, 0.29) is 12.0 Å². The molecule has 2 aromatic carbocycles. The van der Waals surface area contributed by atoms with Crippen LogP contribution in [0, 0.1) is 0 Å². The summed E-state index contributed by atoms with van der Waals surface area (Å²) >= 11 is 0. The van der Waals surface area contributed by atoms with Crippen LogP contribution >= 0.6 is 0 Å². The lowest BCUT2D eigenvalue weighted by Crippen LogP contribution is -2.51. The third-order valence-electron chi connectivity index (χ3n) is 8.09. The summed E-state index contributed by atoms with van der Waals surface area (Å²) in [6.45, 7) is 6.12. The van der Waals surface area contributed by atoms with Gasteiger partial charge in [-0.1, -0.05) is 120 Å². The summed E-state index contributed by atoms with van der Waals surface area (Å²) < 4.78 is 12.2. The van der Waals surface area contributed by atoms with Crippen molar-refractivity contribution >= 4 is 5.97 Å². The van der Waals surface area contributed by atoms with E-state index in [1.807, 2.05) is 31.2 Å². The maximum Gasteiger partial charge on any atom is 0.364 e. The monoisotopic (exact) mass is 552 g/mol. The number of unbranched alkanes of at least 4 members (excludes halogenated alkanes) is 12. The highest BCUT2D eigenvalue weighted by Crippen LogP contribution is 2.18. The van der Waals surface area contributed by atoms with Crippen LogP contribution in [0.1, 0.15) is 115 Å². The van der Waals surface area contributed by atoms with Crippen molar-refractivity contribution in [1.82, 2.24) is 0 Å². The number of benzene rings is 2. The summed E-state index contributed by atoms with van der Waals surface area (Å²) in [5.41, 5.74) is 2.59. The first kappa shape index (κ1) is 33.9. The van der Waals surface area contributed by atoms with Gasteiger partial charge in [0.15, 0.2) is 6.04 Å². The molecule has 0 saturated heterocycles. The van der Waals surface area contributed by atoms with Gasteiger partial charge in [0.1, 0.15) is 12.3 Å². The summed E-state index contributed by atoms with van der Waals surface area (Å²) in [5, 5.41) is 0. The van der Waals surface area contributed by atoms with Crippen molar-refractivity contribution in [2.75, 3.05) is 27.3 Å². The van der Waals surface area contributed by atoms with Crippen LogP contribution in [0.4, 0.5) is 0 Å². The summed E-state index contributed by atoms with van der Waals surface area (Å²) in [6.07, 6.45) is 19.4. The Kier molecular flexibility index (Phi) is 17.4. The quantitative estimate of drug-likeness (QED) is 0.0783. The van der Waals surface area contributed by atoms with Crippen molar-refractivity contribution in [1.29, 1.82) is 0 Å². The van der Waals surface area contributed by atoms with Gasteiger partial charge in [-0.05, 0) is 50.3 Å². The van der Waals surface area contributed by atoms with Gasteiger partial charge in [-0.25, -0.2) is 4.79 Å². The molecule has 0 radical (unpaired) electrons. The normalized spacial score (nSPS) is 12.3. The summed E-state index contributed by atoms with van der Waals surface area (Å²) in [6, 6.07) is 18.6. The molecule has 0 saturated carbocycles. The van der Waals surface area contributed by atoms with Crippen molar-refractivity contribution < 1.29 is 18.8 Å². The number of carbonyl (C=O) groups excluding carboxylic acids is 1. The SMILES string of the molecule is CCCCCCCCCCCCCCc1cccc(OCCCCOC(=O)C(C)[N+](C)(C)Cc2ccccc2)c1. The second kappa shape index (κ2) is 20.5. The molecule has 0 aliphatic heterocycles. The summed E-state index contributed by atoms with van der Waals surface area (Å²) in [4.78, 5) is 12.6. The Labute approximate surface area is 246 Å². The Morgan fingerprint density at radius 2 is 1.27 bits per heavy atom. The average molecular weight is 553 g/mol. The number of hydrogen-bond acceptors (Lipinski definition) is 3. The van der Waals surface area contributed by atoms with Crippen LogP contribution in [0.5, 0.6) is 5.75 Å². The molecule has 4 heteroatoms. The fourth-order valence-electron chi connectivity index (χ4n) is 5.12. The average Bonchev–Trinajstić information content (AvgIpc) is 2.95. The second-order valence-electron chi connectivity index (χ2n) is 12.1. The molecule has 0 spiro atoms. The Balaban J connectivity index is 1.51. The third-order valence-corrected chi connectivity index (χ3v) is 8.09. The van der Waals surface area contributed by atoms with Crippen molar-refractivity contribution in [3.05, 3.63) is 65.7 Å². The fourth-order valence-corrected chi connectivity index (χ4v) is 5.12. The van der Waals surface area contributed by atoms with E-state index in [1.54, 1.807) is 0 Å². The predicted octanol–water partition coefficient (Wildman–Crippen LogP) is 9.30. The number of likely N-dealkylation sites (N-methyl/N-ethyl adjacent to an activating group) is 1. The van der Waals surface area contributed by atoms with Gasteiger partial charge in [0.25, 0.3) is 0 Å². The van der Waals surface area contributed by atoms with Gasteiger partial charge in [0.05, 0.1) is 27.3 Å². The molecule has 0 fully saturated rings. The van der Waals surface area contributed by atoms with E-state index < -0.39 is 0 Å². The lowest BCUT2D eigenvalue weighted by Gasteiger charge is -2.34. The highest BCUT2D eigenvalue weighted by atomic mass is 16.5. The molecule has 224 valence electrons. The molecule has 0 aromatic heterocycles. The maximum absolute atomic E-state index is 12.6. The first-order valence-corrected chi connectivity index (χ1v) is 16.2. The molecule has 0 aliphatic carbocycles. The fraction of sp³-hybridized carbons (Fsp3) is 0.639. The molecule has 1 unspecified atom stereocenters. The number of hydrogen-bond donors (Lipinski definition) is 0. The number of carbonyl (C=O) groups is 1. The van der Waals surface area contributed by atoms with E-state index in [4.69, 9.17) is 9.47 Å². The van der Waals surface area contributed by atoms with Crippen molar-refractivity contribution in [3.63, 3.8) is 0 Å². The highest BCUT2D eigenvalue weighted by molar-refractivity contribution is 5.74. The van der Waals surface area contributed by atoms with Gasteiger partial charge in [0, 0.05) is 5.56 Å².